The van der Waals surface area contributed by atoms with Gasteiger partial charge >= 0.3 is 6.29 Å². The summed E-state index contributed by atoms with van der Waals surface area (Å²) in [5.41, 5.74) is 9.89. The van der Waals surface area contributed by atoms with E-state index in [1.165, 1.54) is 28.8 Å². The third-order valence-electron chi connectivity index (χ3n) is 6.55. The predicted molar refractivity (Wildman–Crippen MR) is 136 cm³/mol. The van der Waals surface area contributed by atoms with Crippen LogP contribution in [0, 0.1) is 6.07 Å². The van der Waals surface area contributed by atoms with E-state index in [0.29, 0.717) is 11.4 Å². The van der Waals surface area contributed by atoms with Gasteiger partial charge in [-0.3, -0.25) is 14.5 Å². The highest BCUT2D eigenvalue weighted by molar-refractivity contribution is 6.04. The topological polar surface area (TPSA) is 112 Å². The Hall–Kier alpha value is -4.24. The summed E-state index contributed by atoms with van der Waals surface area (Å²) in [5, 5.41) is 2.86. The van der Waals surface area contributed by atoms with E-state index in [1.54, 1.807) is 14.2 Å². The highest BCUT2D eigenvalue weighted by atomic mass is 16.7. The van der Waals surface area contributed by atoms with Crippen LogP contribution >= 0.6 is 0 Å². The first-order valence-corrected chi connectivity index (χ1v) is 12.0. The predicted octanol–water partition coefficient (Wildman–Crippen LogP) is 2.94. The fraction of sp³-hybridized carbons (Fsp3) is 0.286. The summed E-state index contributed by atoms with van der Waals surface area (Å²) in [4.78, 5) is 26.4. The van der Waals surface area contributed by atoms with Gasteiger partial charge in [-0.2, -0.15) is 0 Å². The maximum atomic E-state index is 12.7. The molecular weight excluding hydrogens is 474 g/mol. The molecule has 0 fully saturated rings. The first-order chi connectivity index (χ1) is 17.9. The van der Waals surface area contributed by atoms with Crippen LogP contribution in [0.3, 0.4) is 0 Å². The number of fused-ring (bicyclic) bond motifs is 2. The van der Waals surface area contributed by atoms with Crippen LogP contribution in [0.25, 0.3) is 0 Å². The lowest BCUT2D eigenvalue weighted by molar-refractivity contribution is -0.133. The normalized spacial score (nSPS) is 16.1. The van der Waals surface area contributed by atoms with Crippen LogP contribution in [0.1, 0.15) is 27.0 Å². The van der Waals surface area contributed by atoms with Crippen molar-refractivity contribution in [3.63, 3.8) is 0 Å². The summed E-state index contributed by atoms with van der Waals surface area (Å²) >= 11 is 0. The molecule has 0 saturated heterocycles. The van der Waals surface area contributed by atoms with Gasteiger partial charge in [0.05, 0.1) is 19.8 Å². The summed E-state index contributed by atoms with van der Waals surface area (Å²) in [6, 6.07) is 17.7. The highest BCUT2D eigenvalue weighted by Gasteiger charge is 2.29. The summed E-state index contributed by atoms with van der Waals surface area (Å²) in [6.45, 7) is 2.79. The maximum Gasteiger partial charge on any atom is 0.321 e. The largest absolute Gasteiger partial charge is 0.493 e. The van der Waals surface area contributed by atoms with Gasteiger partial charge in [0.15, 0.2) is 23.0 Å². The lowest BCUT2D eigenvalue weighted by atomic mass is 9.98. The van der Waals surface area contributed by atoms with Crippen molar-refractivity contribution < 1.29 is 28.5 Å². The number of hydrogen-bond acceptors (Lipinski definition) is 7. The highest BCUT2D eigenvalue weighted by Crippen LogP contribution is 2.35. The molecule has 5 rings (SSSR count). The van der Waals surface area contributed by atoms with Gasteiger partial charge in [0.25, 0.3) is 11.8 Å². The maximum absolute atomic E-state index is 12.7. The van der Waals surface area contributed by atoms with E-state index >= 15 is 0 Å². The molecule has 9 nitrogen and oxygen atoms in total. The summed E-state index contributed by atoms with van der Waals surface area (Å²) in [6.07, 6.45) is 0.675. The standard InChI is InChI=1S/C28H28N3O6/c1-34-23-13-18-10-12-31(16-20(18)15-24(23)35-2)11-9-17-3-6-21(7-4-17)30-27(33)19-5-8-22-25(14-19)37-28(36-22)26(29)32/h3-4,6-8,13-15,28H,9-12,16H2,1-2H3,(H2,29,32)(H,30,33). The van der Waals surface area contributed by atoms with E-state index < -0.39 is 12.2 Å². The van der Waals surface area contributed by atoms with Crippen LogP contribution in [-0.2, 0) is 24.2 Å². The van der Waals surface area contributed by atoms with Gasteiger partial charge in [0.1, 0.15) is 0 Å². The number of carbonyl (C=O) groups is 2. The number of primary amides is 1. The Kier molecular flexibility index (Phi) is 6.87. The number of benzene rings is 3. The SMILES string of the molecule is COc1cc2c(cc1OC)CN(CCc1ccc(NC(=O)c3[c]cc4c(c3)OC(C(N)=O)O4)cc1)CC2. The molecule has 191 valence electrons. The second-order valence-corrected chi connectivity index (χ2v) is 8.95. The third-order valence-corrected chi connectivity index (χ3v) is 6.55. The monoisotopic (exact) mass is 502 g/mol. The van der Waals surface area contributed by atoms with Gasteiger partial charge in [-0.25, -0.2) is 0 Å². The number of hydrogen-bond donors (Lipinski definition) is 2. The van der Waals surface area contributed by atoms with Gasteiger partial charge in [0, 0.05) is 25.3 Å². The van der Waals surface area contributed by atoms with Gasteiger partial charge in [0.2, 0.25) is 0 Å². The molecule has 3 aromatic carbocycles. The number of ether oxygens (including phenoxy) is 4. The van der Waals surface area contributed by atoms with Crippen LogP contribution in [0.5, 0.6) is 23.0 Å². The molecule has 0 aromatic heterocycles. The lowest BCUT2D eigenvalue weighted by Gasteiger charge is -2.29. The van der Waals surface area contributed by atoms with Crippen LogP contribution in [0.15, 0.2) is 48.5 Å². The summed E-state index contributed by atoms with van der Waals surface area (Å²) in [5.74, 6) is 1.04. The molecule has 1 atom stereocenters. The average molecular weight is 503 g/mol. The number of rotatable bonds is 8. The molecule has 0 spiro atoms. The van der Waals surface area contributed by atoms with Crippen molar-refractivity contribution in [1.29, 1.82) is 0 Å². The number of nitrogens with two attached hydrogens (primary N) is 1. The number of amides is 2. The van der Waals surface area contributed by atoms with Gasteiger partial charge in [-0.05, 0) is 72.0 Å². The molecule has 2 aliphatic heterocycles. The fourth-order valence-electron chi connectivity index (χ4n) is 4.52. The number of nitrogens with one attached hydrogen (secondary N) is 1. The molecule has 9 heteroatoms. The van der Waals surface area contributed by atoms with E-state index in [2.05, 4.69) is 28.4 Å². The summed E-state index contributed by atoms with van der Waals surface area (Å²) < 4.78 is 21.5. The zero-order chi connectivity index (χ0) is 25.9. The van der Waals surface area contributed by atoms with E-state index in [1.807, 2.05) is 24.3 Å². The Morgan fingerprint density at radius 3 is 2.46 bits per heavy atom. The minimum Gasteiger partial charge on any atom is -0.493 e. The van der Waals surface area contributed by atoms with E-state index in [-0.39, 0.29) is 17.2 Å². The molecule has 2 aliphatic rings. The van der Waals surface area contributed by atoms with Crippen molar-refractivity contribution in [3.05, 3.63) is 76.9 Å². The van der Waals surface area contributed by atoms with Crippen molar-refractivity contribution in [2.75, 3.05) is 32.6 Å². The van der Waals surface area contributed by atoms with Crippen molar-refractivity contribution in [1.82, 2.24) is 4.90 Å². The first kappa shape index (κ1) is 24.5. The molecule has 3 N–H and O–H groups in total. The van der Waals surface area contributed by atoms with Crippen molar-refractivity contribution in [3.8, 4) is 23.0 Å². The third kappa shape index (κ3) is 5.31. The Bertz CT molecular complexity index is 1320. The molecule has 0 saturated carbocycles. The molecule has 2 heterocycles. The zero-order valence-corrected chi connectivity index (χ0v) is 20.7. The van der Waals surface area contributed by atoms with Crippen LogP contribution < -0.4 is 30.0 Å². The Morgan fingerprint density at radius 1 is 1.05 bits per heavy atom. The van der Waals surface area contributed by atoms with Crippen LogP contribution in [0.2, 0.25) is 0 Å². The molecule has 1 unspecified atom stereocenters. The number of methoxy groups -OCH3 is 2. The molecule has 0 bridgehead atoms. The first-order valence-electron chi connectivity index (χ1n) is 12.0. The van der Waals surface area contributed by atoms with Crippen molar-refractivity contribution in [2.24, 2.45) is 5.73 Å². The molecule has 3 aromatic rings. The fourth-order valence-corrected chi connectivity index (χ4v) is 4.52. The smallest absolute Gasteiger partial charge is 0.321 e. The van der Waals surface area contributed by atoms with Crippen molar-refractivity contribution >= 4 is 17.5 Å². The second kappa shape index (κ2) is 10.4. The quantitative estimate of drug-likeness (QED) is 0.487. The molecular formula is C28H28N3O6. The Balaban J connectivity index is 1.15. The van der Waals surface area contributed by atoms with E-state index in [4.69, 9.17) is 24.7 Å². The van der Waals surface area contributed by atoms with Gasteiger partial charge < -0.3 is 30.0 Å². The molecule has 2 amide bonds. The summed E-state index contributed by atoms with van der Waals surface area (Å²) in [7, 11) is 3.32. The molecule has 37 heavy (non-hydrogen) atoms. The van der Waals surface area contributed by atoms with E-state index in [0.717, 1.165) is 44.0 Å². The second-order valence-electron chi connectivity index (χ2n) is 8.95. The number of anilines is 1. The van der Waals surface area contributed by atoms with Crippen LogP contribution in [0.4, 0.5) is 5.69 Å². The van der Waals surface area contributed by atoms with Crippen LogP contribution in [-0.4, -0.2) is 50.3 Å². The average Bonchev–Trinajstić information content (AvgIpc) is 3.36. The minimum absolute atomic E-state index is 0.260. The van der Waals surface area contributed by atoms with E-state index in [9.17, 15) is 9.59 Å². The molecule has 1 radical (unpaired) electrons. The van der Waals surface area contributed by atoms with Gasteiger partial charge in [-0.15, -0.1) is 0 Å². The Labute approximate surface area is 215 Å². The Morgan fingerprint density at radius 2 is 1.76 bits per heavy atom. The zero-order valence-electron chi connectivity index (χ0n) is 20.7. The number of carbonyl (C=O) groups excluding carboxylic acids is 2. The molecule has 0 aliphatic carbocycles. The van der Waals surface area contributed by atoms with Crippen molar-refractivity contribution in [2.45, 2.75) is 25.7 Å². The van der Waals surface area contributed by atoms with Gasteiger partial charge in [-0.1, -0.05) is 12.1 Å². The number of nitrogens with zero attached hydrogens (tertiary/aromatic N) is 1. The minimum atomic E-state index is -1.19. The lowest BCUT2D eigenvalue weighted by Crippen LogP contribution is -2.35.